The Morgan fingerprint density at radius 2 is 2.29 bits per heavy atom. The molecule has 5 heteroatoms. The first-order valence-electron chi connectivity index (χ1n) is 6.25. The molecule has 1 fully saturated rings. The van der Waals surface area contributed by atoms with Crippen LogP contribution in [0.25, 0.3) is 0 Å². The first-order valence-corrected chi connectivity index (χ1v) is 6.25. The highest BCUT2D eigenvalue weighted by Crippen LogP contribution is 2.15. The van der Waals surface area contributed by atoms with Crippen molar-refractivity contribution in [2.24, 2.45) is 5.92 Å². The summed E-state index contributed by atoms with van der Waals surface area (Å²) in [5.74, 6) is 0.489. The lowest BCUT2D eigenvalue weighted by Crippen LogP contribution is -2.42. The van der Waals surface area contributed by atoms with Gasteiger partial charge in [-0.2, -0.15) is 0 Å². The number of nitrogens with zero attached hydrogens (tertiary/aromatic N) is 1. The molecule has 1 saturated heterocycles. The zero-order valence-electron chi connectivity index (χ0n) is 10.9. The number of carbonyl (C=O) groups excluding carboxylic acids is 1. The Hall–Kier alpha value is -0.650. The van der Waals surface area contributed by atoms with Crippen molar-refractivity contribution in [3.8, 4) is 0 Å². The number of nitrogens with one attached hydrogen (secondary N) is 1. The van der Waals surface area contributed by atoms with Crippen molar-refractivity contribution in [1.29, 1.82) is 0 Å². The number of methoxy groups -OCH3 is 2. The second-order valence-electron chi connectivity index (χ2n) is 4.52. The molecular formula is C12H24N2O3. The monoisotopic (exact) mass is 244 g/mol. The van der Waals surface area contributed by atoms with Gasteiger partial charge in [0.2, 0.25) is 0 Å². The van der Waals surface area contributed by atoms with E-state index in [2.05, 4.69) is 15.0 Å². The van der Waals surface area contributed by atoms with Crippen molar-refractivity contribution in [2.75, 3.05) is 53.6 Å². The van der Waals surface area contributed by atoms with Gasteiger partial charge in [-0.25, -0.2) is 0 Å². The maximum absolute atomic E-state index is 11.2. The van der Waals surface area contributed by atoms with Gasteiger partial charge in [-0.3, -0.25) is 9.69 Å². The van der Waals surface area contributed by atoms with Crippen LogP contribution in [0.2, 0.25) is 0 Å². The van der Waals surface area contributed by atoms with E-state index >= 15 is 0 Å². The molecule has 1 unspecified atom stereocenters. The predicted molar refractivity (Wildman–Crippen MR) is 65.9 cm³/mol. The van der Waals surface area contributed by atoms with Crippen molar-refractivity contribution in [2.45, 2.75) is 12.8 Å². The number of esters is 1. The number of rotatable bonds is 7. The topological polar surface area (TPSA) is 50.8 Å². The molecule has 0 aromatic rings. The Morgan fingerprint density at radius 3 is 3.00 bits per heavy atom. The van der Waals surface area contributed by atoms with E-state index in [1.54, 1.807) is 7.11 Å². The van der Waals surface area contributed by atoms with Crippen LogP contribution >= 0.6 is 0 Å². The minimum atomic E-state index is -0.141. The third-order valence-corrected chi connectivity index (χ3v) is 3.10. The highest BCUT2D eigenvalue weighted by molar-refractivity contribution is 5.71. The molecule has 0 aromatic heterocycles. The van der Waals surface area contributed by atoms with Gasteiger partial charge >= 0.3 is 5.97 Å². The first kappa shape index (κ1) is 14.4. The lowest BCUT2D eigenvalue weighted by atomic mass is 9.98. The van der Waals surface area contributed by atoms with Crippen LogP contribution in [0.1, 0.15) is 12.8 Å². The Bertz CT molecular complexity index is 224. The molecule has 5 nitrogen and oxygen atoms in total. The van der Waals surface area contributed by atoms with Crippen molar-refractivity contribution < 1.29 is 14.3 Å². The van der Waals surface area contributed by atoms with Gasteiger partial charge in [0, 0.05) is 20.2 Å². The molecular weight excluding hydrogens is 220 g/mol. The molecule has 0 saturated carbocycles. The molecule has 1 heterocycles. The van der Waals surface area contributed by atoms with Crippen LogP contribution in [0.4, 0.5) is 0 Å². The molecule has 1 aliphatic heterocycles. The Labute approximate surface area is 103 Å². The molecule has 0 amide bonds. The third-order valence-electron chi connectivity index (χ3n) is 3.10. The summed E-state index contributed by atoms with van der Waals surface area (Å²) in [6, 6.07) is 0. The van der Waals surface area contributed by atoms with Crippen LogP contribution < -0.4 is 5.32 Å². The molecule has 1 atom stereocenters. The number of hydrogen-bond donors (Lipinski definition) is 1. The third kappa shape index (κ3) is 6.00. The fraction of sp³-hybridized carbons (Fsp3) is 0.917. The van der Waals surface area contributed by atoms with Gasteiger partial charge in [-0.15, -0.1) is 0 Å². The summed E-state index contributed by atoms with van der Waals surface area (Å²) in [6.45, 7) is 5.05. The number of likely N-dealkylation sites (tertiary alicyclic amines) is 1. The van der Waals surface area contributed by atoms with Crippen LogP contribution in [0.5, 0.6) is 0 Å². The SMILES string of the molecule is COCCNCC1CCCN(CC(=O)OC)C1. The quantitative estimate of drug-likeness (QED) is 0.509. The van der Waals surface area contributed by atoms with Crippen LogP contribution in [-0.2, 0) is 14.3 Å². The smallest absolute Gasteiger partial charge is 0.319 e. The maximum Gasteiger partial charge on any atom is 0.319 e. The summed E-state index contributed by atoms with van der Waals surface area (Å²) in [5, 5.41) is 3.38. The van der Waals surface area contributed by atoms with Crippen LogP contribution in [0.15, 0.2) is 0 Å². The van der Waals surface area contributed by atoms with E-state index < -0.39 is 0 Å². The zero-order valence-corrected chi connectivity index (χ0v) is 10.9. The van der Waals surface area contributed by atoms with E-state index in [0.29, 0.717) is 12.5 Å². The zero-order chi connectivity index (χ0) is 12.5. The van der Waals surface area contributed by atoms with Gasteiger partial charge in [0.05, 0.1) is 20.3 Å². The summed E-state index contributed by atoms with van der Waals surface area (Å²) in [5.41, 5.74) is 0. The van der Waals surface area contributed by atoms with Crippen LogP contribution in [0.3, 0.4) is 0 Å². The van der Waals surface area contributed by atoms with Crippen LogP contribution in [0, 0.1) is 5.92 Å². The van der Waals surface area contributed by atoms with Gasteiger partial charge in [-0.05, 0) is 31.8 Å². The van der Waals surface area contributed by atoms with Gasteiger partial charge in [-0.1, -0.05) is 0 Å². The molecule has 1 rings (SSSR count). The summed E-state index contributed by atoms with van der Waals surface area (Å²) in [4.78, 5) is 13.4. The number of ether oxygens (including phenoxy) is 2. The van der Waals surface area contributed by atoms with Gasteiger partial charge in [0.15, 0.2) is 0 Å². The highest BCUT2D eigenvalue weighted by Gasteiger charge is 2.21. The van der Waals surface area contributed by atoms with Crippen molar-refractivity contribution in [3.05, 3.63) is 0 Å². The van der Waals surface area contributed by atoms with Crippen LogP contribution in [-0.4, -0.2) is 64.4 Å². The van der Waals surface area contributed by atoms with Crippen molar-refractivity contribution in [1.82, 2.24) is 10.2 Å². The second kappa shape index (κ2) is 8.44. The molecule has 1 N–H and O–H groups in total. The van der Waals surface area contributed by atoms with Crippen molar-refractivity contribution >= 4 is 5.97 Å². The Kier molecular flexibility index (Phi) is 7.16. The van der Waals surface area contributed by atoms with Gasteiger partial charge in [0.25, 0.3) is 0 Å². The number of hydrogen-bond acceptors (Lipinski definition) is 5. The highest BCUT2D eigenvalue weighted by atomic mass is 16.5. The molecule has 17 heavy (non-hydrogen) atoms. The van der Waals surface area contributed by atoms with Gasteiger partial charge < -0.3 is 14.8 Å². The van der Waals surface area contributed by atoms with E-state index in [1.807, 2.05) is 0 Å². The lowest BCUT2D eigenvalue weighted by molar-refractivity contribution is -0.142. The molecule has 0 bridgehead atoms. The van der Waals surface area contributed by atoms with Crippen molar-refractivity contribution in [3.63, 3.8) is 0 Å². The molecule has 0 aliphatic carbocycles. The minimum absolute atomic E-state index is 0.141. The molecule has 0 aromatic carbocycles. The molecule has 1 aliphatic rings. The van der Waals surface area contributed by atoms with Gasteiger partial charge in [0.1, 0.15) is 0 Å². The van der Waals surface area contributed by atoms with E-state index in [-0.39, 0.29) is 5.97 Å². The summed E-state index contributed by atoms with van der Waals surface area (Å²) < 4.78 is 9.67. The Morgan fingerprint density at radius 1 is 1.47 bits per heavy atom. The first-order chi connectivity index (χ1) is 8.26. The summed E-state index contributed by atoms with van der Waals surface area (Å²) >= 11 is 0. The average Bonchev–Trinajstić information content (AvgIpc) is 2.35. The number of carbonyl (C=O) groups is 1. The normalized spacial score (nSPS) is 21.4. The largest absolute Gasteiger partial charge is 0.468 e. The average molecular weight is 244 g/mol. The summed E-state index contributed by atoms with van der Waals surface area (Å²) in [6.07, 6.45) is 2.39. The maximum atomic E-state index is 11.2. The van der Waals surface area contributed by atoms with E-state index in [1.165, 1.54) is 13.5 Å². The lowest BCUT2D eigenvalue weighted by Gasteiger charge is -2.31. The molecule has 100 valence electrons. The van der Waals surface area contributed by atoms with E-state index in [0.717, 1.165) is 39.2 Å². The fourth-order valence-corrected chi connectivity index (χ4v) is 2.19. The minimum Gasteiger partial charge on any atom is -0.468 e. The molecule has 0 spiro atoms. The number of piperidine rings is 1. The molecule has 0 radical (unpaired) electrons. The predicted octanol–water partition coefficient (Wildman–Crippen LogP) is 0.107. The van der Waals surface area contributed by atoms with E-state index in [9.17, 15) is 4.79 Å². The fourth-order valence-electron chi connectivity index (χ4n) is 2.19. The van der Waals surface area contributed by atoms with E-state index in [4.69, 9.17) is 4.74 Å². The second-order valence-corrected chi connectivity index (χ2v) is 4.52. The standard InChI is InChI=1S/C12H24N2O3/c1-16-7-5-13-8-11-4-3-6-14(9-11)10-12(15)17-2/h11,13H,3-10H2,1-2H3. The summed E-state index contributed by atoms with van der Waals surface area (Å²) in [7, 11) is 3.15. The Balaban J connectivity index is 2.17.